The van der Waals surface area contributed by atoms with E-state index in [-0.39, 0.29) is 0 Å². The van der Waals surface area contributed by atoms with E-state index >= 15 is 0 Å². The summed E-state index contributed by atoms with van der Waals surface area (Å²) in [6.07, 6.45) is 1.70. The lowest BCUT2D eigenvalue weighted by Gasteiger charge is -2.05. The van der Waals surface area contributed by atoms with E-state index in [1.165, 1.54) is 0 Å². The van der Waals surface area contributed by atoms with Gasteiger partial charge < -0.3 is 4.74 Å². The number of hydrogen-bond acceptors (Lipinski definition) is 4. The van der Waals surface area contributed by atoms with Crippen molar-refractivity contribution in [3.63, 3.8) is 0 Å². The minimum Gasteiger partial charge on any atom is -0.496 e. The zero-order chi connectivity index (χ0) is 16.2. The fraction of sp³-hybridized carbons (Fsp3) is 0.0625. The Morgan fingerprint density at radius 2 is 2.04 bits per heavy atom. The van der Waals surface area contributed by atoms with Crippen LogP contribution in [0.15, 0.2) is 58.1 Å². The van der Waals surface area contributed by atoms with Gasteiger partial charge in [-0.05, 0) is 30.4 Å². The van der Waals surface area contributed by atoms with Gasteiger partial charge in [0.25, 0.3) is 0 Å². The fourth-order valence-corrected chi connectivity index (χ4v) is 2.66. The smallest absolute Gasteiger partial charge is 0.216 e. The van der Waals surface area contributed by atoms with Gasteiger partial charge in [0, 0.05) is 15.6 Å². The molecule has 0 unspecified atom stereocenters. The number of halogens is 1. The highest BCUT2D eigenvalue weighted by molar-refractivity contribution is 9.10. The molecule has 0 radical (unpaired) electrons. The highest BCUT2D eigenvalue weighted by Gasteiger charge is 2.08. The molecule has 0 amide bonds. The third-order valence-corrected chi connectivity index (χ3v) is 3.94. The summed E-state index contributed by atoms with van der Waals surface area (Å²) in [6.45, 7) is 0. The molecule has 1 N–H and O–H groups in total. The Kier molecular flexibility index (Phi) is 4.68. The Hall–Kier alpha value is -2.25. The maximum absolute atomic E-state index is 5.34. The Bertz CT molecular complexity index is 902. The summed E-state index contributed by atoms with van der Waals surface area (Å²) >= 11 is 8.71. The molecule has 1 aromatic heterocycles. The number of benzene rings is 2. The maximum atomic E-state index is 5.34. The molecule has 0 saturated heterocycles. The van der Waals surface area contributed by atoms with Gasteiger partial charge in [-0.15, -0.1) is 0 Å². The van der Waals surface area contributed by atoms with E-state index in [0.717, 1.165) is 21.3 Å². The first-order valence-corrected chi connectivity index (χ1v) is 8.00. The predicted octanol–water partition coefficient (Wildman–Crippen LogP) is 4.26. The summed E-state index contributed by atoms with van der Waals surface area (Å²) in [5.74, 6) is 1.38. The van der Waals surface area contributed by atoms with Gasteiger partial charge in [-0.2, -0.15) is 14.9 Å². The average Bonchev–Trinajstić information content (AvgIpc) is 2.94. The zero-order valence-electron chi connectivity index (χ0n) is 12.2. The van der Waals surface area contributed by atoms with Gasteiger partial charge in [-0.25, -0.2) is 5.10 Å². The third-order valence-electron chi connectivity index (χ3n) is 3.19. The summed E-state index contributed by atoms with van der Waals surface area (Å²) in [6, 6.07) is 15.5. The van der Waals surface area contributed by atoms with Gasteiger partial charge in [0.05, 0.1) is 13.3 Å². The van der Waals surface area contributed by atoms with Crippen LogP contribution in [0.5, 0.6) is 5.75 Å². The van der Waals surface area contributed by atoms with Crippen LogP contribution in [0.4, 0.5) is 0 Å². The Morgan fingerprint density at radius 1 is 1.26 bits per heavy atom. The first kappa shape index (κ1) is 15.6. The first-order chi connectivity index (χ1) is 11.2. The molecule has 2 aromatic carbocycles. The molecule has 0 spiro atoms. The van der Waals surface area contributed by atoms with Crippen LogP contribution in [0.1, 0.15) is 5.56 Å². The van der Waals surface area contributed by atoms with Crippen molar-refractivity contribution >= 4 is 34.4 Å². The number of methoxy groups -OCH3 is 1. The van der Waals surface area contributed by atoms with E-state index in [0.29, 0.717) is 10.6 Å². The van der Waals surface area contributed by atoms with E-state index in [1.54, 1.807) is 18.0 Å². The topological polar surface area (TPSA) is 55.2 Å². The van der Waals surface area contributed by atoms with Crippen molar-refractivity contribution < 1.29 is 4.74 Å². The van der Waals surface area contributed by atoms with Gasteiger partial charge >= 0.3 is 0 Å². The Labute approximate surface area is 146 Å². The second-order valence-corrected chi connectivity index (χ2v) is 5.96. The number of hydrogen-bond donors (Lipinski definition) is 1. The molecular weight excluding hydrogens is 376 g/mol. The van der Waals surface area contributed by atoms with Crippen molar-refractivity contribution in [1.29, 1.82) is 0 Å². The Balaban J connectivity index is 2.03. The lowest BCUT2D eigenvalue weighted by atomic mass is 10.2. The number of nitrogens with one attached hydrogen (secondary N) is 1. The number of nitrogens with zero attached hydrogens (tertiary/aromatic N) is 3. The quantitative estimate of drug-likeness (QED) is 0.536. The first-order valence-electron chi connectivity index (χ1n) is 6.80. The largest absolute Gasteiger partial charge is 0.496 e. The molecule has 7 heteroatoms. The zero-order valence-corrected chi connectivity index (χ0v) is 14.6. The number of H-pyrrole nitrogens is 1. The Morgan fingerprint density at radius 3 is 2.78 bits per heavy atom. The minimum atomic E-state index is 0.425. The number of ether oxygens (including phenoxy) is 1. The summed E-state index contributed by atoms with van der Waals surface area (Å²) in [5, 5.41) is 11.5. The van der Waals surface area contributed by atoms with Gasteiger partial charge in [-0.1, -0.05) is 46.3 Å². The molecule has 5 nitrogen and oxygen atoms in total. The highest BCUT2D eigenvalue weighted by atomic mass is 79.9. The molecule has 116 valence electrons. The molecule has 0 aliphatic rings. The SMILES string of the molecule is COc1ccc(Br)cc1/C=N/n1c(-c2ccccc2)n[nH]c1=S. The molecule has 0 aliphatic carbocycles. The van der Waals surface area contributed by atoms with Gasteiger partial charge in [0.1, 0.15) is 5.75 Å². The van der Waals surface area contributed by atoms with Crippen LogP contribution in [0.25, 0.3) is 11.4 Å². The molecule has 1 heterocycles. The van der Waals surface area contributed by atoms with Gasteiger partial charge in [0.15, 0.2) is 5.82 Å². The standard InChI is InChI=1S/C16H13BrN4OS/c1-22-14-8-7-13(17)9-12(14)10-18-21-15(19-20-16(21)23)11-5-3-2-4-6-11/h2-10H,1H3,(H,20,23)/b18-10+. The summed E-state index contributed by atoms with van der Waals surface area (Å²) in [4.78, 5) is 0. The summed E-state index contributed by atoms with van der Waals surface area (Å²) < 4.78 is 8.30. The summed E-state index contributed by atoms with van der Waals surface area (Å²) in [7, 11) is 1.62. The fourth-order valence-electron chi connectivity index (χ4n) is 2.10. The van der Waals surface area contributed by atoms with Crippen LogP contribution in [-0.4, -0.2) is 28.2 Å². The van der Waals surface area contributed by atoms with Gasteiger partial charge in [0.2, 0.25) is 4.77 Å². The number of aromatic amines is 1. The van der Waals surface area contributed by atoms with Crippen LogP contribution in [0.3, 0.4) is 0 Å². The van der Waals surface area contributed by atoms with Crippen molar-refractivity contribution in [3.8, 4) is 17.1 Å². The van der Waals surface area contributed by atoms with Gasteiger partial charge in [-0.3, -0.25) is 0 Å². The van der Waals surface area contributed by atoms with Crippen LogP contribution >= 0.6 is 28.1 Å². The summed E-state index contributed by atoms with van der Waals surface area (Å²) in [5.41, 5.74) is 1.77. The van der Waals surface area contributed by atoms with E-state index < -0.39 is 0 Å². The molecule has 0 fully saturated rings. The van der Waals surface area contributed by atoms with Crippen LogP contribution in [-0.2, 0) is 0 Å². The second-order valence-electron chi connectivity index (χ2n) is 4.66. The molecular formula is C16H13BrN4OS. The molecule has 0 bridgehead atoms. The monoisotopic (exact) mass is 388 g/mol. The number of rotatable bonds is 4. The molecule has 3 rings (SSSR count). The van der Waals surface area contributed by atoms with E-state index in [9.17, 15) is 0 Å². The predicted molar refractivity (Wildman–Crippen MR) is 96.5 cm³/mol. The van der Waals surface area contributed by atoms with Crippen LogP contribution < -0.4 is 4.74 Å². The molecule has 0 atom stereocenters. The van der Waals surface area contributed by atoms with Crippen LogP contribution in [0, 0.1) is 4.77 Å². The van der Waals surface area contributed by atoms with Crippen molar-refractivity contribution in [3.05, 3.63) is 63.3 Å². The van der Waals surface area contributed by atoms with Crippen molar-refractivity contribution in [1.82, 2.24) is 14.9 Å². The lowest BCUT2D eigenvalue weighted by Crippen LogP contribution is -1.96. The molecule has 0 saturated carbocycles. The molecule has 23 heavy (non-hydrogen) atoms. The minimum absolute atomic E-state index is 0.425. The molecule has 3 aromatic rings. The highest BCUT2D eigenvalue weighted by Crippen LogP contribution is 2.22. The third kappa shape index (κ3) is 3.40. The number of aromatic nitrogens is 3. The van der Waals surface area contributed by atoms with Crippen molar-refractivity contribution in [2.45, 2.75) is 0 Å². The second kappa shape index (κ2) is 6.89. The van der Waals surface area contributed by atoms with E-state index in [4.69, 9.17) is 17.0 Å². The van der Waals surface area contributed by atoms with E-state index in [1.807, 2.05) is 48.5 Å². The maximum Gasteiger partial charge on any atom is 0.216 e. The van der Waals surface area contributed by atoms with Crippen molar-refractivity contribution in [2.75, 3.05) is 7.11 Å². The van der Waals surface area contributed by atoms with Crippen LogP contribution in [0.2, 0.25) is 0 Å². The molecule has 0 aliphatic heterocycles. The normalized spacial score (nSPS) is 11.0. The lowest BCUT2D eigenvalue weighted by molar-refractivity contribution is 0.414. The average molecular weight is 389 g/mol. The van der Waals surface area contributed by atoms with Crippen molar-refractivity contribution in [2.24, 2.45) is 5.10 Å². The van der Waals surface area contributed by atoms with E-state index in [2.05, 4.69) is 31.2 Å².